The van der Waals surface area contributed by atoms with Crippen LogP contribution in [0.5, 0.6) is 17.2 Å². The molecule has 0 fully saturated rings. The van der Waals surface area contributed by atoms with Crippen LogP contribution in [0.3, 0.4) is 0 Å². The molecule has 1 N–H and O–H groups in total. The van der Waals surface area contributed by atoms with Gasteiger partial charge in [0.2, 0.25) is 0 Å². The van der Waals surface area contributed by atoms with Gasteiger partial charge in [0.1, 0.15) is 17.2 Å². The molecule has 2 rings (SSSR count). The molecule has 1 amide bonds. The summed E-state index contributed by atoms with van der Waals surface area (Å²) in [6, 6.07) is 14.6. The van der Waals surface area contributed by atoms with Crippen LogP contribution in [-0.2, 0) is 4.79 Å². The van der Waals surface area contributed by atoms with Crippen molar-refractivity contribution in [1.29, 1.82) is 0 Å². The summed E-state index contributed by atoms with van der Waals surface area (Å²) in [6.07, 6.45) is 0.126. The smallest absolute Gasteiger partial charge is 0.277 e. The Morgan fingerprint density at radius 1 is 1.00 bits per heavy atom. The van der Waals surface area contributed by atoms with Crippen molar-refractivity contribution in [2.24, 2.45) is 5.10 Å². The molecule has 0 atom stereocenters. The summed E-state index contributed by atoms with van der Waals surface area (Å²) in [7, 11) is 1.59. The Morgan fingerprint density at radius 3 is 2.15 bits per heavy atom. The molecule has 0 saturated carbocycles. The number of methoxy groups -OCH3 is 1. The first kappa shape index (κ1) is 19.3. The quantitative estimate of drug-likeness (QED) is 0.581. The molecule has 6 nitrogen and oxygen atoms in total. The van der Waals surface area contributed by atoms with Crippen LogP contribution >= 0.6 is 0 Å². The first-order valence-corrected chi connectivity index (χ1v) is 8.35. The van der Waals surface area contributed by atoms with Gasteiger partial charge in [0, 0.05) is 0 Å². The van der Waals surface area contributed by atoms with Crippen molar-refractivity contribution in [3.8, 4) is 17.2 Å². The Bertz CT molecular complexity index is 737. The molecule has 2 aromatic carbocycles. The Labute approximate surface area is 153 Å². The molecule has 0 heterocycles. The van der Waals surface area contributed by atoms with Gasteiger partial charge in [-0.1, -0.05) is 0 Å². The van der Waals surface area contributed by atoms with Crippen LogP contribution in [0, 0.1) is 0 Å². The summed E-state index contributed by atoms with van der Waals surface area (Å²) in [5.74, 6) is 1.78. The minimum absolute atomic E-state index is 0.121. The first-order chi connectivity index (χ1) is 12.5. The second-order valence-electron chi connectivity index (χ2n) is 5.89. The molecule has 0 aliphatic heterocycles. The number of hydrazone groups is 1. The molecule has 0 radical (unpaired) electrons. The highest BCUT2D eigenvalue weighted by atomic mass is 16.5. The van der Waals surface area contributed by atoms with Gasteiger partial charge in [0.15, 0.2) is 6.61 Å². The van der Waals surface area contributed by atoms with Crippen LogP contribution in [0.15, 0.2) is 53.6 Å². The number of nitrogens with zero attached hydrogens (tertiary/aromatic N) is 1. The number of ether oxygens (including phenoxy) is 3. The van der Waals surface area contributed by atoms with Gasteiger partial charge in [-0.3, -0.25) is 4.79 Å². The fourth-order valence-corrected chi connectivity index (χ4v) is 2.11. The number of nitrogens with one attached hydrogen (secondary N) is 1. The first-order valence-electron chi connectivity index (χ1n) is 8.35. The molecular formula is C20H24N2O4. The van der Waals surface area contributed by atoms with E-state index in [-0.39, 0.29) is 18.6 Å². The third-order valence-corrected chi connectivity index (χ3v) is 3.42. The van der Waals surface area contributed by atoms with Crippen molar-refractivity contribution in [2.45, 2.75) is 26.9 Å². The highest BCUT2D eigenvalue weighted by Crippen LogP contribution is 2.17. The van der Waals surface area contributed by atoms with E-state index in [1.807, 2.05) is 45.0 Å². The number of carbonyl (C=O) groups is 1. The van der Waals surface area contributed by atoms with Crippen LogP contribution in [0.25, 0.3) is 0 Å². The van der Waals surface area contributed by atoms with Crippen LogP contribution in [0.1, 0.15) is 26.3 Å². The molecule has 2 aromatic rings. The fraction of sp³-hybridized carbons (Fsp3) is 0.300. The molecule has 0 aliphatic rings. The highest BCUT2D eigenvalue weighted by molar-refractivity contribution is 5.99. The highest BCUT2D eigenvalue weighted by Gasteiger charge is 2.04. The zero-order chi connectivity index (χ0) is 18.9. The van der Waals surface area contributed by atoms with Crippen LogP contribution in [-0.4, -0.2) is 31.4 Å². The molecule has 0 saturated heterocycles. The molecule has 138 valence electrons. The van der Waals surface area contributed by atoms with Gasteiger partial charge in [-0.2, -0.15) is 5.10 Å². The Balaban J connectivity index is 1.84. The number of carbonyl (C=O) groups excluding carboxylic acids is 1. The molecule has 0 aromatic heterocycles. The van der Waals surface area contributed by atoms with Gasteiger partial charge in [-0.15, -0.1) is 0 Å². The SMILES string of the molecule is COc1ccc(OCC(=O)N/N=C(/C)c2ccc(OC(C)C)cc2)cc1. The molecule has 0 bridgehead atoms. The van der Waals surface area contributed by atoms with Gasteiger partial charge in [-0.25, -0.2) is 5.43 Å². The van der Waals surface area contributed by atoms with E-state index in [0.717, 1.165) is 17.1 Å². The molecular weight excluding hydrogens is 332 g/mol. The predicted molar refractivity (Wildman–Crippen MR) is 101 cm³/mol. The van der Waals surface area contributed by atoms with E-state index >= 15 is 0 Å². The maximum atomic E-state index is 11.9. The lowest BCUT2D eigenvalue weighted by Gasteiger charge is -2.10. The monoisotopic (exact) mass is 356 g/mol. The van der Waals surface area contributed by atoms with Crippen LogP contribution < -0.4 is 19.6 Å². The summed E-state index contributed by atoms with van der Waals surface area (Å²) in [6.45, 7) is 5.65. The predicted octanol–water partition coefficient (Wildman–Crippen LogP) is 3.40. The maximum absolute atomic E-state index is 11.9. The topological polar surface area (TPSA) is 69.2 Å². The van der Waals surface area contributed by atoms with E-state index in [2.05, 4.69) is 10.5 Å². The van der Waals surface area contributed by atoms with E-state index in [1.165, 1.54) is 0 Å². The third kappa shape index (κ3) is 6.12. The summed E-state index contributed by atoms with van der Waals surface area (Å²) < 4.78 is 16.1. The molecule has 0 spiro atoms. The number of rotatable bonds is 8. The van der Waals surface area contributed by atoms with Crippen LogP contribution in [0.2, 0.25) is 0 Å². The maximum Gasteiger partial charge on any atom is 0.277 e. The molecule has 0 unspecified atom stereocenters. The minimum Gasteiger partial charge on any atom is -0.497 e. The standard InChI is InChI=1S/C20H24N2O4/c1-14(2)26-19-7-5-16(6-8-19)15(3)21-22-20(23)13-25-18-11-9-17(24-4)10-12-18/h5-12,14H,13H2,1-4H3,(H,22,23)/b21-15-. The normalized spacial score (nSPS) is 11.2. The average Bonchev–Trinajstić information content (AvgIpc) is 2.65. The van der Waals surface area contributed by atoms with E-state index in [1.54, 1.807) is 31.4 Å². The summed E-state index contributed by atoms with van der Waals surface area (Å²) in [4.78, 5) is 11.9. The van der Waals surface area contributed by atoms with Crippen molar-refractivity contribution in [3.05, 3.63) is 54.1 Å². The van der Waals surface area contributed by atoms with E-state index in [9.17, 15) is 4.79 Å². The largest absolute Gasteiger partial charge is 0.497 e. The van der Waals surface area contributed by atoms with E-state index in [4.69, 9.17) is 14.2 Å². The van der Waals surface area contributed by atoms with Crippen molar-refractivity contribution in [1.82, 2.24) is 5.43 Å². The second-order valence-corrected chi connectivity index (χ2v) is 5.89. The molecule has 6 heteroatoms. The van der Waals surface area contributed by atoms with Gasteiger partial charge >= 0.3 is 0 Å². The minimum atomic E-state index is -0.333. The van der Waals surface area contributed by atoms with E-state index in [0.29, 0.717) is 11.5 Å². The number of amides is 1. The lowest BCUT2D eigenvalue weighted by Crippen LogP contribution is -2.25. The summed E-state index contributed by atoms with van der Waals surface area (Å²) >= 11 is 0. The van der Waals surface area contributed by atoms with Crippen molar-refractivity contribution >= 4 is 11.6 Å². The summed E-state index contributed by atoms with van der Waals surface area (Å²) in [5, 5.41) is 4.10. The van der Waals surface area contributed by atoms with Gasteiger partial charge in [-0.05, 0) is 74.9 Å². The number of hydrogen-bond donors (Lipinski definition) is 1. The van der Waals surface area contributed by atoms with Gasteiger partial charge in [0.25, 0.3) is 5.91 Å². The lowest BCUT2D eigenvalue weighted by atomic mass is 10.1. The Kier molecular flexibility index (Phi) is 7.02. The Hall–Kier alpha value is -3.02. The number of benzene rings is 2. The average molecular weight is 356 g/mol. The fourth-order valence-electron chi connectivity index (χ4n) is 2.11. The Morgan fingerprint density at radius 2 is 1.58 bits per heavy atom. The van der Waals surface area contributed by atoms with Crippen molar-refractivity contribution < 1.29 is 19.0 Å². The van der Waals surface area contributed by atoms with Crippen LogP contribution in [0.4, 0.5) is 0 Å². The zero-order valence-electron chi connectivity index (χ0n) is 15.5. The van der Waals surface area contributed by atoms with Crippen molar-refractivity contribution in [2.75, 3.05) is 13.7 Å². The summed E-state index contributed by atoms with van der Waals surface area (Å²) in [5.41, 5.74) is 4.08. The molecule has 0 aliphatic carbocycles. The number of hydrogen-bond acceptors (Lipinski definition) is 5. The van der Waals surface area contributed by atoms with Gasteiger partial charge < -0.3 is 14.2 Å². The van der Waals surface area contributed by atoms with E-state index < -0.39 is 0 Å². The third-order valence-electron chi connectivity index (χ3n) is 3.42. The lowest BCUT2D eigenvalue weighted by molar-refractivity contribution is -0.123. The molecule has 26 heavy (non-hydrogen) atoms. The second kappa shape index (κ2) is 9.46. The van der Waals surface area contributed by atoms with Crippen molar-refractivity contribution in [3.63, 3.8) is 0 Å². The zero-order valence-corrected chi connectivity index (χ0v) is 15.5. The van der Waals surface area contributed by atoms with Gasteiger partial charge in [0.05, 0.1) is 18.9 Å².